The minimum atomic E-state index is 0.217. The Hall–Kier alpha value is -1.35. The first-order chi connectivity index (χ1) is 8.34. The molecule has 0 aliphatic carbocycles. The van der Waals surface area contributed by atoms with Gasteiger partial charge in [0.15, 0.2) is 5.78 Å². The molecule has 1 unspecified atom stereocenters. The van der Waals surface area contributed by atoms with Crippen LogP contribution in [0.3, 0.4) is 0 Å². The minimum Gasteiger partial charge on any atom is -0.294 e. The van der Waals surface area contributed by atoms with Gasteiger partial charge in [0.2, 0.25) is 0 Å². The van der Waals surface area contributed by atoms with E-state index in [9.17, 15) is 4.79 Å². The molecule has 2 nitrogen and oxygen atoms in total. The van der Waals surface area contributed by atoms with Gasteiger partial charge in [-0.15, -0.1) is 0 Å². The van der Waals surface area contributed by atoms with Crippen molar-refractivity contribution in [3.05, 3.63) is 42.1 Å². The summed E-state index contributed by atoms with van der Waals surface area (Å²) in [7, 11) is 0. The summed E-state index contributed by atoms with van der Waals surface area (Å²) < 4.78 is 0. The van der Waals surface area contributed by atoms with Gasteiger partial charge in [-0.05, 0) is 36.4 Å². The van der Waals surface area contributed by atoms with Gasteiger partial charge in [-0.2, -0.15) is 11.8 Å². The molecule has 1 aromatic carbocycles. The highest BCUT2D eigenvalue weighted by molar-refractivity contribution is 7.99. The highest BCUT2D eigenvalue weighted by Crippen LogP contribution is 2.27. The van der Waals surface area contributed by atoms with Gasteiger partial charge in [0.1, 0.15) is 0 Å². The molecule has 0 N–H and O–H groups in total. The Labute approximate surface area is 104 Å². The number of ketones is 1. The van der Waals surface area contributed by atoms with Gasteiger partial charge in [-0.25, -0.2) is 0 Å². The fourth-order valence-electron chi connectivity index (χ4n) is 2.21. The highest BCUT2D eigenvalue weighted by Gasteiger charge is 2.24. The number of carbonyl (C=O) groups is 1. The quantitative estimate of drug-likeness (QED) is 0.759. The number of pyridine rings is 1. The van der Waals surface area contributed by atoms with E-state index in [0.717, 1.165) is 34.4 Å². The summed E-state index contributed by atoms with van der Waals surface area (Å²) in [6, 6.07) is 9.71. The monoisotopic (exact) mass is 243 g/mol. The van der Waals surface area contributed by atoms with E-state index in [1.165, 1.54) is 0 Å². The van der Waals surface area contributed by atoms with Crippen molar-refractivity contribution in [2.45, 2.75) is 6.42 Å². The lowest BCUT2D eigenvalue weighted by Gasteiger charge is -2.07. The van der Waals surface area contributed by atoms with Crippen molar-refractivity contribution in [1.29, 1.82) is 0 Å². The number of rotatable bonds is 2. The molecule has 86 valence electrons. The van der Waals surface area contributed by atoms with E-state index < -0.39 is 0 Å². The number of benzene rings is 1. The number of aromatic nitrogens is 1. The van der Waals surface area contributed by atoms with Gasteiger partial charge in [0, 0.05) is 28.8 Å². The molecule has 17 heavy (non-hydrogen) atoms. The second-order valence-electron chi connectivity index (χ2n) is 4.34. The summed E-state index contributed by atoms with van der Waals surface area (Å²) in [5.41, 5.74) is 1.78. The largest absolute Gasteiger partial charge is 0.294 e. The number of hydrogen-bond acceptors (Lipinski definition) is 3. The second-order valence-corrected chi connectivity index (χ2v) is 5.49. The van der Waals surface area contributed by atoms with Crippen LogP contribution in [0.25, 0.3) is 10.9 Å². The van der Waals surface area contributed by atoms with Crippen LogP contribution in [0.5, 0.6) is 0 Å². The topological polar surface area (TPSA) is 30.0 Å². The Morgan fingerprint density at radius 3 is 3.12 bits per heavy atom. The molecule has 0 spiro atoms. The van der Waals surface area contributed by atoms with Crippen LogP contribution in [0.15, 0.2) is 36.5 Å². The second kappa shape index (κ2) is 4.49. The number of thioether (sulfide) groups is 1. The normalized spacial score (nSPS) is 19.6. The average Bonchev–Trinajstić information content (AvgIpc) is 2.91. The molecule has 0 bridgehead atoms. The van der Waals surface area contributed by atoms with E-state index in [-0.39, 0.29) is 5.92 Å². The molecule has 3 heteroatoms. The number of hydrogen-bond donors (Lipinski definition) is 0. The molecule has 3 rings (SSSR count). The van der Waals surface area contributed by atoms with E-state index in [4.69, 9.17) is 0 Å². The van der Waals surface area contributed by atoms with Crippen LogP contribution >= 0.6 is 11.8 Å². The Morgan fingerprint density at radius 2 is 2.29 bits per heavy atom. The molecule has 1 aromatic heterocycles. The molecular formula is C14H13NOS. The first kappa shape index (κ1) is 10.8. The van der Waals surface area contributed by atoms with Gasteiger partial charge in [0.05, 0.1) is 5.52 Å². The molecular weight excluding hydrogens is 230 g/mol. The first-order valence-corrected chi connectivity index (χ1v) is 6.97. The van der Waals surface area contributed by atoms with Crippen LogP contribution < -0.4 is 0 Å². The SMILES string of the molecule is O=C(c1ccc2ncccc2c1)C1CCSC1. The van der Waals surface area contributed by atoms with Crippen molar-refractivity contribution in [3.63, 3.8) is 0 Å². The fourth-order valence-corrected chi connectivity index (χ4v) is 3.43. The maximum atomic E-state index is 12.3. The molecule has 1 fully saturated rings. The predicted molar refractivity (Wildman–Crippen MR) is 71.5 cm³/mol. The Balaban J connectivity index is 1.97. The molecule has 1 saturated heterocycles. The van der Waals surface area contributed by atoms with Gasteiger partial charge in [0.25, 0.3) is 0 Å². The molecule has 2 aromatic rings. The Morgan fingerprint density at radius 1 is 1.35 bits per heavy atom. The number of fused-ring (bicyclic) bond motifs is 1. The Bertz CT molecular complexity index is 561. The minimum absolute atomic E-state index is 0.217. The molecule has 0 saturated carbocycles. The zero-order valence-electron chi connectivity index (χ0n) is 9.43. The summed E-state index contributed by atoms with van der Waals surface area (Å²) in [6.07, 6.45) is 2.80. The van der Waals surface area contributed by atoms with Gasteiger partial charge >= 0.3 is 0 Å². The van der Waals surface area contributed by atoms with Crippen LogP contribution in [-0.2, 0) is 0 Å². The van der Waals surface area contributed by atoms with Gasteiger partial charge in [-0.1, -0.05) is 6.07 Å². The van der Waals surface area contributed by atoms with E-state index >= 15 is 0 Å². The lowest BCUT2D eigenvalue weighted by Crippen LogP contribution is -2.13. The van der Waals surface area contributed by atoms with Gasteiger partial charge in [-0.3, -0.25) is 9.78 Å². The van der Waals surface area contributed by atoms with Crippen molar-refractivity contribution in [2.75, 3.05) is 11.5 Å². The summed E-state index contributed by atoms with van der Waals surface area (Å²) in [4.78, 5) is 16.5. The van der Waals surface area contributed by atoms with Crippen LogP contribution in [-0.4, -0.2) is 22.3 Å². The zero-order chi connectivity index (χ0) is 11.7. The number of carbonyl (C=O) groups excluding carboxylic acids is 1. The lowest BCUT2D eigenvalue weighted by atomic mass is 9.96. The van der Waals surface area contributed by atoms with E-state index in [0.29, 0.717) is 5.78 Å². The van der Waals surface area contributed by atoms with Crippen molar-refractivity contribution in [1.82, 2.24) is 4.98 Å². The van der Waals surface area contributed by atoms with Crippen LogP contribution in [0, 0.1) is 5.92 Å². The average molecular weight is 243 g/mol. The smallest absolute Gasteiger partial charge is 0.166 e. The third-order valence-corrected chi connectivity index (χ3v) is 4.35. The molecule has 1 aliphatic heterocycles. The molecule has 1 atom stereocenters. The van der Waals surface area contributed by atoms with Crippen LogP contribution in [0.2, 0.25) is 0 Å². The van der Waals surface area contributed by atoms with Crippen molar-refractivity contribution >= 4 is 28.4 Å². The Kier molecular flexibility index (Phi) is 2.85. The highest BCUT2D eigenvalue weighted by atomic mass is 32.2. The fraction of sp³-hybridized carbons (Fsp3) is 0.286. The van der Waals surface area contributed by atoms with Crippen LogP contribution in [0.4, 0.5) is 0 Å². The summed E-state index contributed by atoms with van der Waals surface area (Å²) >= 11 is 1.88. The molecule has 0 radical (unpaired) electrons. The predicted octanol–water partition coefficient (Wildman–Crippen LogP) is 3.17. The van der Waals surface area contributed by atoms with E-state index in [2.05, 4.69) is 4.98 Å². The zero-order valence-corrected chi connectivity index (χ0v) is 10.2. The standard InChI is InChI=1S/C14H13NOS/c16-14(12-5-7-17-9-12)11-3-4-13-10(8-11)2-1-6-15-13/h1-4,6,8,12H,5,7,9H2. The maximum Gasteiger partial charge on any atom is 0.166 e. The van der Waals surface area contributed by atoms with Crippen molar-refractivity contribution < 1.29 is 4.79 Å². The lowest BCUT2D eigenvalue weighted by molar-refractivity contribution is 0.0934. The third kappa shape index (κ3) is 2.07. The third-order valence-electron chi connectivity index (χ3n) is 3.19. The van der Waals surface area contributed by atoms with E-state index in [1.807, 2.05) is 42.1 Å². The number of nitrogens with zero attached hydrogens (tertiary/aromatic N) is 1. The molecule has 0 amide bonds. The maximum absolute atomic E-state index is 12.3. The summed E-state index contributed by atoms with van der Waals surface area (Å²) in [5.74, 6) is 2.60. The molecule has 1 aliphatic rings. The van der Waals surface area contributed by atoms with E-state index in [1.54, 1.807) is 6.20 Å². The van der Waals surface area contributed by atoms with Crippen LogP contribution in [0.1, 0.15) is 16.8 Å². The molecule has 2 heterocycles. The van der Waals surface area contributed by atoms with Crippen molar-refractivity contribution in [3.8, 4) is 0 Å². The van der Waals surface area contributed by atoms with Crippen molar-refractivity contribution in [2.24, 2.45) is 5.92 Å². The summed E-state index contributed by atoms with van der Waals surface area (Å²) in [5, 5.41) is 1.05. The summed E-state index contributed by atoms with van der Waals surface area (Å²) in [6.45, 7) is 0. The number of Topliss-reactive ketones (excluding diaryl/α,β-unsaturated/α-hetero) is 1. The first-order valence-electron chi connectivity index (χ1n) is 5.81. The van der Waals surface area contributed by atoms with Gasteiger partial charge < -0.3 is 0 Å².